The van der Waals surface area contributed by atoms with Gasteiger partial charge < -0.3 is 5.32 Å². The molecule has 0 fully saturated rings. The molecule has 1 aliphatic rings. The van der Waals surface area contributed by atoms with E-state index in [1.165, 1.54) is 12.1 Å². The topological polar surface area (TPSA) is 29.1 Å². The van der Waals surface area contributed by atoms with Crippen molar-refractivity contribution in [1.82, 2.24) is 5.32 Å². The molecule has 0 saturated carbocycles. The maximum absolute atomic E-state index is 13.2. The molecule has 1 atom stereocenters. The zero-order valence-electron chi connectivity index (χ0n) is 11.0. The van der Waals surface area contributed by atoms with E-state index in [4.69, 9.17) is 11.6 Å². The number of halogens is 3. The predicted molar refractivity (Wildman–Crippen MR) is 84.3 cm³/mol. The molecule has 1 amide bonds. The van der Waals surface area contributed by atoms with Crippen molar-refractivity contribution in [2.45, 2.75) is 11.8 Å². The standard InChI is InChI=1S/C16H12BrClFNO/c17-14-8-11(19)3-4-12(14)15(18)10-2-1-9-5-6-20-16(21)13(9)7-10/h1-4,7-8,15H,5-6H2,(H,20,21). The van der Waals surface area contributed by atoms with E-state index < -0.39 is 5.38 Å². The number of alkyl halides is 1. The van der Waals surface area contributed by atoms with Crippen LogP contribution in [-0.2, 0) is 6.42 Å². The molecule has 1 aliphatic heterocycles. The Bertz CT molecular complexity index is 719. The summed E-state index contributed by atoms with van der Waals surface area (Å²) in [7, 11) is 0. The van der Waals surface area contributed by atoms with Crippen molar-refractivity contribution in [3.05, 3.63) is 68.9 Å². The van der Waals surface area contributed by atoms with Crippen molar-refractivity contribution >= 4 is 33.4 Å². The molecule has 0 bridgehead atoms. The minimum atomic E-state index is -0.444. The van der Waals surface area contributed by atoms with Crippen LogP contribution in [0.3, 0.4) is 0 Å². The Morgan fingerprint density at radius 3 is 2.81 bits per heavy atom. The van der Waals surface area contributed by atoms with Gasteiger partial charge in [-0.1, -0.05) is 34.1 Å². The Kier molecular flexibility index (Phi) is 4.00. The summed E-state index contributed by atoms with van der Waals surface area (Å²) in [5.74, 6) is -0.389. The number of benzene rings is 2. The molecular formula is C16H12BrClFNO. The fourth-order valence-electron chi connectivity index (χ4n) is 2.47. The molecule has 2 aromatic carbocycles. The van der Waals surface area contributed by atoms with E-state index in [9.17, 15) is 9.18 Å². The molecule has 5 heteroatoms. The van der Waals surface area contributed by atoms with Crippen molar-refractivity contribution in [3.8, 4) is 0 Å². The average Bonchev–Trinajstić information content (AvgIpc) is 2.47. The Hall–Kier alpha value is -1.39. The van der Waals surface area contributed by atoms with Crippen LogP contribution in [0.5, 0.6) is 0 Å². The lowest BCUT2D eigenvalue weighted by Crippen LogP contribution is -2.31. The number of fused-ring (bicyclic) bond motifs is 1. The highest BCUT2D eigenvalue weighted by Gasteiger charge is 2.20. The summed E-state index contributed by atoms with van der Waals surface area (Å²) in [5.41, 5.74) is 3.29. The van der Waals surface area contributed by atoms with Gasteiger partial charge >= 0.3 is 0 Å². The Balaban J connectivity index is 2.00. The number of hydrogen-bond acceptors (Lipinski definition) is 1. The molecule has 0 aromatic heterocycles. The van der Waals surface area contributed by atoms with Gasteiger partial charge in [0.15, 0.2) is 0 Å². The van der Waals surface area contributed by atoms with Gasteiger partial charge in [0.2, 0.25) is 0 Å². The molecule has 0 spiro atoms. The van der Waals surface area contributed by atoms with Gasteiger partial charge in [0, 0.05) is 16.6 Å². The van der Waals surface area contributed by atoms with Gasteiger partial charge in [0.05, 0.1) is 5.38 Å². The van der Waals surface area contributed by atoms with Crippen molar-refractivity contribution in [1.29, 1.82) is 0 Å². The van der Waals surface area contributed by atoms with Crippen molar-refractivity contribution < 1.29 is 9.18 Å². The largest absolute Gasteiger partial charge is 0.352 e. The second kappa shape index (κ2) is 5.78. The molecule has 0 saturated heterocycles. The number of carbonyl (C=O) groups excluding carboxylic acids is 1. The molecule has 1 unspecified atom stereocenters. The minimum Gasteiger partial charge on any atom is -0.352 e. The molecule has 0 aliphatic carbocycles. The van der Waals surface area contributed by atoms with E-state index in [0.29, 0.717) is 16.6 Å². The van der Waals surface area contributed by atoms with Crippen LogP contribution >= 0.6 is 27.5 Å². The van der Waals surface area contributed by atoms with Gasteiger partial charge in [-0.15, -0.1) is 11.6 Å². The molecule has 1 heterocycles. The van der Waals surface area contributed by atoms with Crippen LogP contribution in [0.1, 0.15) is 32.4 Å². The van der Waals surface area contributed by atoms with Gasteiger partial charge in [-0.3, -0.25) is 4.79 Å². The van der Waals surface area contributed by atoms with Crippen molar-refractivity contribution in [2.75, 3.05) is 6.54 Å². The first-order valence-electron chi connectivity index (χ1n) is 6.56. The normalized spacial score (nSPS) is 15.3. The van der Waals surface area contributed by atoms with E-state index in [2.05, 4.69) is 21.2 Å². The Labute approximate surface area is 135 Å². The van der Waals surface area contributed by atoms with Gasteiger partial charge in [0.25, 0.3) is 5.91 Å². The second-order valence-electron chi connectivity index (χ2n) is 4.95. The van der Waals surface area contributed by atoms with Crippen LogP contribution < -0.4 is 5.32 Å². The van der Waals surface area contributed by atoms with E-state index in [1.807, 2.05) is 18.2 Å². The van der Waals surface area contributed by atoms with Gasteiger partial charge in [-0.2, -0.15) is 0 Å². The molecule has 2 nitrogen and oxygen atoms in total. The first-order valence-corrected chi connectivity index (χ1v) is 7.79. The van der Waals surface area contributed by atoms with Crippen LogP contribution in [0.25, 0.3) is 0 Å². The van der Waals surface area contributed by atoms with Gasteiger partial charge in [-0.05, 0) is 41.3 Å². The summed E-state index contributed by atoms with van der Waals surface area (Å²) < 4.78 is 13.8. The minimum absolute atomic E-state index is 0.0693. The third-order valence-electron chi connectivity index (χ3n) is 3.59. The lowest BCUT2D eigenvalue weighted by Gasteiger charge is -2.19. The molecular weight excluding hydrogens is 357 g/mol. The van der Waals surface area contributed by atoms with Crippen molar-refractivity contribution in [2.24, 2.45) is 0 Å². The van der Waals surface area contributed by atoms with Gasteiger partial charge in [-0.25, -0.2) is 4.39 Å². The van der Waals surface area contributed by atoms with E-state index >= 15 is 0 Å². The molecule has 3 rings (SSSR count). The second-order valence-corrected chi connectivity index (χ2v) is 6.24. The van der Waals surface area contributed by atoms with Crippen LogP contribution in [0, 0.1) is 5.82 Å². The van der Waals surface area contributed by atoms with Crippen LogP contribution in [0.2, 0.25) is 0 Å². The summed E-state index contributed by atoms with van der Waals surface area (Å²) >= 11 is 9.82. The highest BCUT2D eigenvalue weighted by molar-refractivity contribution is 9.10. The summed E-state index contributed by atoms with van der Waals surface area (Å²) in [6, 6.07) is 10.1. The lowest BCUT2D eigenvalue weighted by atomic mass is 9.95. The summed E-state index contributed by atoms with van der Waals surface area (Å²) in [6.07, 6.45) is 0.828. The van der Waals surface area contributed by atoms with Crippen LogP contribution in [0.4, 0.5) is 4.39 Å². The van der Waals surface area contributed by atoms with Crippen molar-refractivity contribution in [3.63, 3.8) is 0 Å². The number of nitrogens with one attached hydrogen (secondary N) is 1. The fourth-order valence-corrected chi connectivity index (χ4v) is 3.51. The lowest BCUT2D eigenvalue weighted by molar-refractivity contribution is 0.0946. The fraction of sp³-hybridized carbons (Fsp3) is 0.188. The maximum Gasteiger partial charge on any atom is 0.251 e. The summed E-state index contributed by atoms with van der Waals surface area (Å²) in [5, 5.41) is 2.38. The number of hydrogen-bond donors (Lipinski definition) is 1. The number of amides is 1. The smallest absolute Gasteiger partial charge is 0.251 e. The maximum atomic E-state index is 13.2. The predicted octanol–water partition coefficient (Wildman–Crippen LogP) is 4.20. The number of rotatable bonds is 2. The summed E-state index contributed by atoms with van der Waals surface area (Å²) in [6.45, 7) is 0.666. The Morgan fingerprint density at radius 1 is 1.24 bits per heavy atom. The third kappa shape index (κ3) is 2.83. The van der Waals surface area contributed by atoms with Gasteiger partial charge in [0.1, 0.15) is 5.82 Å². The first-order chi connectivity index (χ1) is 10.1. The molecule has 108 valence electrons. The third-order valence-corrected chi connectivity index (χ3v) is 4.76. The van der Waals surface area contributed by atoms with E-state index in [1.54, 1.807) is 6.07 Å². The molecule has 21 heavy (non-hydrogen) atoms. The average molecular weight is 369 g/mol. The summed E-state index contributed by atoms with van der Waals surface area (Å²) in [4.78, 5) is 11.9. The SMILES string of the molecule is O=C1NCCc2ccc(C(Cl)c3ccc(F)cc3Br)cc21. The monoisotopic (exact) mass is 367 g/mol. The zero-order chi connectivity index (χ0) is 15.0. The Morgan fingerprint density at radius 2 is 2.05 bits per heavy atom. The van der Waals surface area contributed by atoms with Crippen LogP contribution in [-0.4, -0.2) is 12.5 Å². The van der Waals surface area contributed by atoms with E-state index in [0.717, 1.165) is 23.1 Å². The zero-order valence-corrected chi connectivity index (χ0v) is 13.3. The highest BCUT2D eigenvalue weighted by Crippen LogP contribution is 2.35. The first kappa shape index (κ1) is 14.5. The highest BCUT2D eigenvalue weighted by atomic mass is 79.9. The van der Waals surface area contributed by atoms with Crippen LogP contribution in [0.15, 0.2) is 40.9 Å². The van der Waals surface area contributed by atoms with E-state index in [-0.39, 0.29) is 11.7 Å². The molecule has 0 radical (unpaired) electrons. The molecule has 2 aromatic rings. The molecule has 1 N–H and O–H groups in total. The quantitative estimate of drug-likeness (QED) is 0.791. The number of carbonyl (C=O) groups is 1.